The van der Waals surface area contributed by atoms with Crippen molar-refractivity contribution in [2.24, 2.45) is 7.05 Å². The molecular weight excluding hydrogens is 232 g/mol. The molecular formula is C6H7ClN2O4S. The molecule has 0 saturated heterocycles. The third kappa shape index (κ3) is 1.73. The molecule has 1 rings (SSSR count). The van der Waals surface area contributed by atoms with E-state index in [2.05, 4.69) is 5.10 Å². The number of aromatic nitrogens is 2. The lowest BCUT2D eigenvalue weighted by atomic mass is 10.3. The van der Waals surface area contributed by atoms with E-state index in [1.54, 1.807) is 0 Å². The van der Waals surface area contributed by atoms with Gasteiger partial charge in [-0.15, -0.1) is 0 Å². The zero-order valence-electron chi connectivity index (χ0n) is 7.35. The monoisotopic (exact) mass is 238 g/mol. The summed E-state index contributed by atoms with van der Waals surface area (Å²) >= 11 is 0. The van der Waals surface area contributed by atoms with E-state index in [1.807, 2.05) is 0 Å². The van der Waals surface area contributed by atoms with Gasteiger partial charge in [0.1, 0.15) is 5.56 Å². The Morgan fingerprint density at radius 1 is 1.57 bits per heavy atom. The van der Waals surface area contributed by atoms with Crippen molar-refractivity contribution >= 4 is 25.7 Å². The third-order valence-electron chi connectivity index (χ3n) is 1.61. The number of halogens is 1. The maximum absolute atomic E-state index is 11.0. The first-order valence-corrected chi connectivity index (χ1v) is 5.77. The van der Waals surface area contributed by atoms with Crippen LogP contribution < -0.4 is 0 Å². The van der Waals surface area contributed by atoms with Gasteiger partial charge in [0.25, 0.3) is 9.05 Å². The van der Waals surface area contributed by atoms with Crippen molar-refractivity contribution in [1.29, 1.82) is 0 Å². The number of carbonyl (C=O) groups is 1. The maximum Gasteiger partial charge on any atom is 0.340 e. The molecule has 14 heavy (non-hydrogen) atoms. The van der Waals surface area contributed by atoms with E-state index < -0.39 is 20.0 Å². The van der Waals surface area contributed by atoms with Gasteiger partial charge in [-0.2, -0.15) is 5.10 Å². The average molecular weight is 239 g/mol. The Morgan fingerprint density at radius 3 is 2.36 bits per heavy atom. The Hall–Kier alpha value is -1.08. The minimum atomic E-state index is -4.10. The molecule has 1 N–H and O–H groups in total. The number of aromatic carboxylic acids is 1. The van der Waals surface area contributed by atoms with Crippen molar-refractivity contribution in [3.8, 4) is 0 Å². The molecule has 0 atom stereocenters. The average Bonchev–Trinajstić information content (AvgIpc) is 2.23. The molecule has 0 aromatic carbocycles. The van der Waals surface area contributed by atoms with Gasteiger partial charge in [0, 0.05) is 17.7 Å². The van der Waals surface area contributed by atoms with E-state index in [0.29, 0.717) is 0 Å². The van der Waals surface area contributed by atoms with Gasteiger partial charge in [-0.25, -0.2) is 13.2 Å². The number of nitrogens with zero attached hydrogens (tertiary/aromatic N) is 2. The van der Waals surface area contributed by atoms with Crippen molar-refractivity contribution in [3.63, 3.8) is 0 Å². The molecule has 0 aliphatic rings. The third-order valence-corrected chi connectivity index (χ3v) is 2.98. The molecule has 6 nitrogen and oxygen atoms in total. The normalized spacial score (nSPS) is 11.6. The molecule has 1 aromatic heterocycles. The number of hydrogen-bond donors (Lipinski definition) is 1. The maximum atomic E-state index is 11.0. The van der Waals surface area contributed by atoms with Gasteiger partial charge < -0.3 is 5.11 Å². The predicted octanol–water partition coefficient (Wildman–Crippen LogP) is 0.354. The summed E-state index contributed by atoms with van der Waals surface area (Å²) in [5.74, 6) is -1.37. The summed E-state index contributed by atoms with van der Waals surface area (Å²) in [6, 6.07) is 0. The minimum Gasteiger partial charge on any atom is -0.478 e. The first kappa shape index (κ1) is 11.0. The molecule has 0 aliphatic carbocycles. The van der Waals surface area contributed by atoms with Gasteiger partial charge in [0.05, 0.1) is 5.69 Å². The summed E-state index contributed by atoms with van der Waals surface area (Å²) in [6.07, 6.45) is 0. The Kier molecular flexibility index (Phi) is 2.55. The van der Waals surface area contributed by atoms with Gasteiger partial charge in [-0.1, -0.05) is 0 Å². The van der Waals surface area contributed by atoms with Gasteiger partial charge in [-0.05, 0) is 6.92 Å². The van der Waals surface area contributed by atoms with Crippen LogP contribution in [-0.4, -0.2) is 29.3 Å². The Morgan fingerprint density at radius 2 is 2.07 bits per heavy atom. The minimum absolute atomic E-state index is 0.110. The molecule has 8 heteroatoms. The molecule has 1 heterocycles. The molecule has 0 spiro atoms. The first-order valence-electron chi connectivity index (χ1n) is 3.46. The van der Waals surface area contributed by atoms with Crippen molar-refractivity contribution in [2.75, 3.05) is 0 Å². The highest BCUT2D eigenvalue weighted by Gasteiger charge is 2.28. The van der Waals surface area contributed by atoms with Gasteiger partial charge in [0.15, 0.2) is 5.03 Å². The molecule has 0 bridgehead atoms. The predicted molar refractivity (Wildman–Crippen MR) is 47.9 cm³/mol. The quantitative estimate of drug-likeness (QED) is 0.751. The van der Waals surface area contributed by atoms with Crippen LogP contribution in [0.2, 0.25) is 0 Å². The lowest BCUT2D eigenvalue weighted by Gasteiger charge is -1.97. The second-order valence-electron chi connectivity index (χ2n) is 2.63. The fourth-order valence-corrected chi connectivity index (χ4v) is 2.53. The highest BCUT2D eigenvalue weighted by Crippen LogP contribution is 2.21. The zero-order chi connectivity index (χ0) is 11.1. The topological polar surface area (TPSA) is 89.3 Å². The van der Waals surface area contributed by atoms with E-state index >= 15 is 0 Å². The molecule has 0 unspecified atom stereocenters. The summed E-state index contributed by atoms with van der Waals surface area (Å²) in [5.41, 5.74) is -0.276. The summed E-state index contributed by atoms with van der Waals surface area (Å²) < 4.78 is 23.0. The molecule has 0 radical (unpaired) electrons. The van der Waals surface area contributed by atoms with Crippen LogP contribution in [0.15, 0.2) is 5.03 Å². The number of hydrogen-bond acceptors (Lipinski definition) is 4. The number of aryl methyl sites for hydroxylation is 2. The molecule has 0 fully saturated rings. The highest BCUT2D eigenvalue weighted by molar-refractivity contribution is 8.13. The Bertz CT molecular complexity index is 490. The SMILES string of the molecule is Cc1nn(C)c(S(=O)(=O)Cl)c1C(=O)O. The second kappa shape index (κ2) is 3.25. The van der Waals surface area contributed by atoms with Crippen molar-refractivity contribution in [1.82, 2.24) is 9.78 Å². The van der Waals surface area contributed by atoms with E-state index in [1.165, 1.54) is 14.0 Å². The van der Waals surface area contributed by atoms with Crippen LogP contribution in [0.1, 0.15) is 16.1 Å². The second-order valence-corrected chi connectivity index (χ2v) is 5.11. The highest BCUT2D eigenvalue weighted by atomic mass is 35.7. The lowest BCUT2D eigenvalue weighted by molar-refractivity contribution is 0.0691. The Labute approximate surface area is 84.5 Å². The Balaban J connectivity index is 3.65. The fourth-order valence-electron chi connectivity index (χ4n) is 1.16. The smallest absolute Gasteiger partial charge is 0.340 e. The molecule has 0 saturated carbocycles. The molecule has 1 aromatic rings. The fraction of sp³-hybridized carbons (Fsp3) is 0.333. The first-order chi connectivity index (χ1) is 6.25. The van der Waals surface area contributed by atoms with Crippen LogP contribution in [0.5, 0.6) is 0 Å². The number of carboxylic acids is 1. The van der Waals surface area contributed by atoms with Gasteiger partial charge >= 0.3 is 5.97 Å². The zero-order valence-corrected chi connectivity index (χ0v) is 8.93. The van der Waals surface area contributed by atoms with E-state index in [0.717, 1.165) is 4.68 Å². The van der Waals surface area contributed by atoms with Crippen molar-refractivity contribution in [3.05, 3.63) is 11.3 Å². The number of carboxylic acid groups (broad SMARTS) is 1. The molecule has 0 amide bonds. The molecule has 78 valence electrons. The van der Waals surface area contributed by atoms with E-state index in [4.69, 9.17) is 15.8 Å². The van der Waals surface area contributed by atoms with Gasteiger partial charge in [0.2, 0.25) is 0 Å². The standard InChI is InChI=1S/C6H7ClN2O4S/c1-3-4(6(10)11)5(9(2)8-3)14(7,12)13/h1-2H3,(H,10,11). The van der Waals surface area contributed by atoms with E-state index in [9.17, 15) is 13.2 Å². The lowest BCUT2D eigenvalue weighted by Crippen LogP contribution is -2.07. The summed E-state index contributed by atoms with van der Waals surface area (Å²) in [7, 11) is 2.29. The van der Waals surface area contributed by atoms with Crippen molar-refractivity contribution < 1.29 is 18.3 Å². The largest absolute Gasteiger partial charge is 0.478 e. The van der Waals surface area contributed by atoms with Crippen LogP contribution in [0.4, 0.5) is 0 Å². The van der Waals surface area contributed by atoms with Gasteiger partial charge in [-0.3, -0.25) is 4.68 Å². The van der Waals surface area contributed by atoms with Crippen LogP contribution in [-0.2, 0) is 16.1 Å². The summed E-state index contributed by atoms with van der Waals surface area (Å²) in [4.78, 5) is 10.7. The molecule has 0 aliphatic heterocycles. The van der Waals surface area contributed by atoms with E-state index in [-0.39, 0.29) is 11.3 Å². The van der Waals surface area contributed by atoms with Crippen LogP contribution >= 0.6 is 10.7 Å². The van der Waals surface area contributed by atoms with Crippen molar-refractivity contribution in [2.45, 2.75) is 11.9 Å². The summed E-state index contributed by atoms with van der Waals surface area (Å²) in [6.45, 7) is 1.40. The van der Waals surface area contributed by atoms with Crippen LogP contribution in [0.25, 0.3) is 0 Å². The van der Waals surface area contributed by atoms with Crippen LogP contribution in [0.3, 0.4) is 0 Å². The number of rotatable bonds is 2. The summed E-state index contributed by atoms with van der Waals surface area (Å²) in [5, 5.41) is 11.9. The van der Waals surface area contributed by atoms with Crippen LogP contribution in [0, 0.1) is 6.92 Å².